The van der Waals surface area contributed by atoms with E-state index in [1.807, 2.05) is 0 Å². The van der Waals surface area contributed by atoms with Crippen molar-refractivity contribution in [2.24, 2.45) is 0 Å². The Labute approximate surface area is 110 Å². The number of hydrogen-bond acceptors (Lipinski definition) is 6. The summed E-state index contributed by atoms with van der Waals surface area (Å²) in [6.07, 6.45) is 2.94. The molecule has 0 aromatic carbocycles. The van der Waals surface area contributed by atoms with Crippen molar-refractivity contribution in [3.05, 3.63) is 12.7 Å². The maximum absolute atomic E-state index is 8.88. The van der Waals surface area contributed by atoms with Gasteiger partial charge in [0.25, 0.3) is 0 Å². The van der Waals surface area contributed by atoms with Gasteiger partial charge in [0.1, 0.15) is 11.8 Å². The Kier molecular flexibility index (Phi) is 6.85. The van der Waals surface area contributed by atoms with Crippen LogP contribution in [0, 0.1) is 0 Å². The molecule has 0 saturated heterocycles. The maximum Gasteiger partial charge on any atom is 0.466 e. The molecule has 0 atom stereocenters. The van der Waals surface area contributed by atoms with Gasteiger partial charge in [0.2, 0.25) is 0 Å². The van der Waals surface area contributed by atoms with E-state index in [9.17, 15) is 0 Å². The van der Waals surface area contributed by atoms with E-state index in [0.717, 1.165) is 0 Å². The van der Waals surface area contributed by atoms with Crippen molar-refractivity contribution in [3.8, 4) is 0 Å². The molecular formula is C5H11N5O8P2. The molecule has 114 valence electrons. The number of imidazole rings is 1. The molecule has 20 heavy (non-hydrogen) atoms. The summed E-state index contributed by atoms with van der Waals surface area (Å²) < 4.78 is 17.8. The van der Waals surface area contributed by atoms with Gasteiger partial charge in [-0.2, -0.15) is 0 Å². The lowest BCUT2D eigenvalue weighted by Crippen LogP contribution is -1.91. The number of H-pyrrole nitrogens is 1. The van der Waals surface area contributed by atoms with Crippen LogP contribution in [0.25, 0.3) is 11.2 Å². The van der Waals surface area contributed by atoms with Crippen molar-refractivity contribution in [3.63, 3.8) is 0 Å². The predicted octanol–water partition coefficient (Wildman–Crippen LogP) is -1.92. The second-order valence-corrected chi connectivity index (χ2v) is 4.94. The zero-order valence-electron chi connectivity index (χ0n) is 9.47. The van der Waals surface area contributed by atoms with Crippen LogP contribution in [0.5, 0.6) is 0 Å². The Bertz CT molecular complexity index is 596. The van der Waals surface area contributed by atoms with Crippen LogP contribution < -0.4 is 5.73 Å². The van der Waals surface area contributed by atoms with Crippen molar-refractivity contribution < 1.29 is 38.5 Å². The SMILES string of the molecule is Nc1ncnc2[nH]cnc12.O=P(O)(O)O.O=P(O)(O)O. The molecule has 0 saturated carbocycles. The van der Waals surface area contributed by atoms with E-state index >= 15 is 0 Å². The van der Waals surface area contributed by atoms with Gasteiger partial charge in [-0.15, -0.1) is 0 Å². The number of nitrogens with two attached hydrogens (primary N) is 1. The predicted molar refractivity (Wildman–Crippen MR) is 64.6 cm³/mol. The third-order valence-corrected chi connectivity index (χ3v) is 1.25. The van der Waals surface area contributed by atoms with Crippen LogP contribution in [0.2, 0.25) is 0 Å². The number of hydrogen-bond donors (Lipinski definition) is 8. The number of nitrogens with zero attached hydrogens (tertiary/aromatic N) is 3. The number of phosphoric acid groups is 2. The second-order valence-electron chi connectivity index (χ2n) is 2.89. The molecule has 0 unspecified atom stereocenters. The molecule has 15 heteroatoms. The molecule has 0 spiro atoms. The van der Waals surface area contributed by atoms with Gasteiger partial charge in [0.05, 0.1) is 6.33 Å². The number of aromatic nitrogens is 4. The van der Waals surface area contributed by atoms with Gasteiger partial charge in [0.15, 0.2) is 11.5 Å². The molecule has 13 nitrogen and oxygen atoms in total. The fourth-order valence-electron chi connectivity index (χ4n) is 0.783. The zero-order valence-corrected chi connectivity index (χ0v) is 11.3. The maximum atomic E-state index is 8.88. The summed E-state index contributed by atoms with van der Waals surface area (Å²) in [5, 5.41) is 0. The van der Waals surface area contributed by atoms with E-state index in [2.05, 4.69) is 19.9 Å². The summed E-state index contributed by atoms with van der Waals surface area (Å²) in [6, 6.07) is 0. The van der Waals surface area contributed by atoms with Crippen molar-refractivity contribution in [2.45, 2.75) is 0 Å². The summed E-state index contributed by atoms with van der Waals surface area (Å²) in [7, 11) is -9.28. The second kappa shape index (κ2) is 7.38. The molecular weight excluding hydrogens is 320 g/mol. The third kappa shape index (κ3) is 11.6. The molecule has 0 aliphatic heterocycles. The van der Waals surface area contributed by atoms with Crippen LogP contribution in [0.15, 0.2) is 12.7 Å². The van der Waals surface area contributed by atoms with Crippen LogP contribution >= 0.6 is 15.6 Å². The van der Waals surface area contributed by atoms with Crippen LogP contribution in [-0.4, -0.2) is 49.3 Å². The molecule has 2 rings (SSSR count). The van der Waals surface area contributed by atoms with E-state index in [1.165, 1.54) is 12.7 Å². The molecule has 2 aromatic heterocycles. The topological polar surface area (TPSA) is 236 Å². The smallest absolute Gasteiger partial charge is 0.382 e. The first-order valence-corrected chi connectivity index (χ1v) is 7.47. The highest BCUT2D eigenvalue weighted by molar-refractivity contribution is 7.45. The number of fused-ring (bicyclic) bond motifs is 1. The number of nitrogen functional groups attached to an aromatic ring is 1. The molecule has 0 fully saturated rings. The highest BCUT2D eigenvalue weighted by Gasteiger charge is 2.01. The largest absolute Gasteiger partial charge is 0.466 e. The van der Waals surface area contributed by atoms with Crippen LogP contribution in [0.3, 0.4) is 0 Å². The highest BCUT2D eigenvalue weighted by Crippen LogP contribution is 2.26. The zero-order chi connectivity index (χ0) is 16.0. The first-order chi connectivity index (χ1) is 8.88. The lowest BCUT2D eigenvalue weighted by atomic mass is 10.5. The quantitative estimate of drug-likeness (QED) is 0.246. The molecule has 0 amide bonds. The number of nitrogens with one attached hydrogen (secondary N) is 1. The normalized spacial score (nSPS) is 11.1. The van der Waals surface area contributed by atoms with E-state index in [4.69, 9.17) is 44.2 Å². The standard InChI is InChI=1S/C5H5N5.2H3O4P/c6-4-3-5(9-1-7-3)10-2-8-4;2*1-5(2,3)4/h1-2H,(H3,6,7,8,9,10);2*(H3,1,2,3,4). The van der Waals surface area contributed by atoms with Crippen molar-refractivity contribution in [1.82, 2.24) is 19.9 Å². The molecule has 2 heterocycles. The fraction of sp³-hybridized carbons (Fsp3) is 0. The number of aromatic amines is 1. The molecule has 0 radical (unpaired) electrons. The molecule has 0 aliphatic carbocycles. The Morgan fingerprint density at radius 2 is 1.40 bits per heavy atom. The first-order valence-electron chi connectivity index (χ1n) is 4.34. The summed E-state index contributed by atoms with van der Waals surface area (Å²) in [6.45, 7) is 0. The summed E-state index contributed by atoms with van der Waals surface area (Å²) in [5.74, 6) is 0.409. The van der Waals surface area contributed by atoms with E-state index in [-0.39, 0.29) is 0 Å². The Balaban J connectivity index is 0.000000310. The van der Waals surface area contributed by atoms with Crippen molar-refractivity contribution in [1.29, 1.82) is 0 Å². The van der Waals surface area contributed by atoms with E-state index in [1.54, 1.807) is 0 Å². The minimum atomic E-state index is -4.64. The van der Waals surface area contributed by atoms with E-state index in [0.29, 0.717) is 17.0 Å². The average Bonchev–Trinajstić information content (AvgIpc) is 2.61. The molecule has 0 bridgehead atoms. The Hall–Kier alpha value is -1.43. The van der Waals surface area contributed by atoms with E-state index < -0.39 is 15.6 Å². The van der Waals surface area contributed by atoms with Gasteiger partial charge in [-0.05, 0) is 0 Å². The Morgan fingerprint density at radius 3 is 1.80 bits per heavy atom. The number of rotatable bonds is 0. The summed E-state index contributed by atoms with van der Waals surface area (Å²) in [5.41, 5.74) is 6.77. The molecule has 9 N–H and O–H groups in total. The number of anilines is 1. The third-order valence-electron chi connectivity index (χ3n) is 1.25. The lowest BCUT2D eigenvalue weighted by Gasteiger charge is -1.88. The minimum absolute atomic E-state index is 0.409. The van der Waals surface area contributed by atoms with Gasteiger partial charge in [-0.25, -0.2) is 24.1 Å². The van der Waals surface area contributed by atoms with Crippen LogP contribution in [-0.2, 0) is 9.13 Å². The highest BCUT2D eigenvalue weighted by atomic mass is 31.2. The summed E-state index contributed by atoms with van der Waals surface area (Å²) in [4.78, 5) is 57.5. The average molecular weight is 331 g/mol. The Morgan fingerprint density at radius 1 is 0.950 bits per heavy atom. The lowest BCUT2D eigenvalue weighted by molar-refractivity contribution is 0.272. The van der Waals surface area contributed by atoms with Gasteiger partial charge in [-0.3, -0.25) is 0 Å². The fourth-order valence-corrected chi connectivity index (χ4v) is 0.783. The first kappa shape index (κ1) is 18.6. The molecule has 0 aliphatic rings. The van der Waals surface area contributed by atoms with Gasteiger partial charge >= 0.3 is 15.6 Å². The monoisotopic (exact) mass is 331 g/mol. The van der Waals surface area contributed by atoms with Crippen LogP contribution in [0.4, 0.5) is 5.82 Å². The van der Waals surface area contributed by atoms with Crippen molar-refractivity contribution in [2.75, 3.05) is 5.73 Å². The van der Waals surface area contributed by atoms with Crippen molar-refractivity contribution >= 4 is 32.6 Å². The van der Waals surface area contributed by atoms with Gasteiger partial charge < -0.3 is 40.1 Å². The van der Waals surface area contributed by atoms with Gasteiger partial charge in [0, 0.05) is 0 Å². The molecule has 2 aromatic rings. The minimum Gasteiger partial charge on any atom is -0.382 e. The summed E-state index contributed by atoms with van der Waals surface area (Å²) >= 11 is 0. The van der Waals surface area contributed by atoms with Crippen LogP contribution in [0.1, 0.15) is 0 Å². The van der Waals surface area contributed by atoms with Gasteiger partial charge in [-0.1, -0.05) is 0 Å².